The van der Waals surface area contributed by atoms with Crippen molar-refractivity contribution in [3.8, 4) is 11.8 Å². The Labute approximate surface area is 105 Å². The molecule has 17 heavy (non-hydrogen) atoms. The number of benzene rings is 1. The van der Waals surface area contributed by atoms with Gasteiger partial charge in [-0.2, -0.15) is 0 Å². The van der Waals surface area contributed by atoms with Gasteiger partial charge in [0.1, 0.15) is 0 Å². The van der Waals surface area contributed by atoms with Crippen molar-refractivity contribution in [2.45, 2.75) is 26.7 Å². The van der Waals surface area contributed by atoms with Gasteiger partial charge < -0.3 is 0 Å². The third-order valence-corrected chi connectivity index (χ3v) is 3.29. The van der Waals surface area contributed by atoms with E-state index in [4.69, 9.17) is 0 Å². The van der Waals surface area contributed by atoms with E-state index >= 15 is 0 Å². The molecule has 0 aliphatic carbocycles. The fourth-order valence-electron chi connectivity index (χ4n) is 2.41. The molecule has 1 aromatic rings. The molecule has 0 saturated carbocycles. The van der Waals surface area contributed by atoms with Crippen molar-refractivity contribution in [1.29, 1.82) is 0 Å². The fraction of sp³-hybridized carbons (Fsp3) is 0.500. The molecule has 2 rings (SSSR count). The maximum absolute atomic E-state index is 3.30. The molecule has 1 aliphatic heterocycles. The Morgan fingerprint density at radius 2 is 2.29 bits per heavy atom. The van der Waals surface area contributed by atoms with Crippen molar-refractivity contribution < 1.29 is 0 Å². The summed E-state index contributed by atoms with van der Waals surface area (Å²) < 4.78 is 0. The molecule has 1 fully saturated rings. The minimum atomic E-state index is 0.838. The van der Waals surface area contributed by atoms with Crippen LogP contribution < -0.4 is 0 Å². The normalized spacial score (nSPS) is 20.7. The van der Waals surface area contributed by atoms with Crippen LogP contribution in [0.2, 0.25) is 0 Å². The Morgan fingerprint density at radius 3 is 3.06 bits per heavy atom. The quantitative estimate of drug-likeness (QED) is 0.666. The van der Waals surface area contributed by atoms with E-state index in [2.05, 4.69) is 54.9 Å². The van der Waals surface area contributed by atoms with Crippen molar-refractivity contribution >= 4 is 0 Å². The molecule has 90 valence electrons. The molecule has 0 N–H and O–H groups in total. The van der Waals surface area contributed by atoms with Gasteiger partial charge in [-0.15, -0.1) is 0 Å². The number of hydrogen-bond donors (Lipinski definition) is 0. The zero-order valence-corrected chi connectivity index (χ0v) is 10.9. The van der Waals surface area contributed by atoms with Crippen molar-refractivity contribution in [3.63, 3.8) is 0 Å². The SMILES string of the molecule is Cc1cccc(C#CCN2CCCC(C)C2)c1. The highest BCUT2D eigenvalue weighted by Gasteiger charge is 2.14. The van der Waals surface area contributed by atoms with Crippen LogP contribution in [0.3, 0.4) is 0 Å². The van der Waals surface area contributed by atoms with Crippen LogP contribution in [0.15, 0.2) is 24.3 Å². The molecule has 1 aliphatic rings. The van der Waals surface area contributed by atoms with E-state index in [1.807, 2.05) is 0 Å². The molecule has 1 aromatic carbocycles. The van der Waals surface area contributed by atoms with Crippen LogP contribution in [0.25, 0.3) is 0 Å². The number of piperidine rings is 1. The Hall–Kier alpha value is -1.26. The summed E-state index contributed by atoms with van der Waals surface area (Å²) in [4.78, 5) is 2.47. The van der Waals surface area contributed by atoms with E-state index < -0.39 is 0 Å². The largest absolute Gasteiger partial charge is 0.292 e. The van der Waals surface area contributed by atoms with Crippen LogP contribution >= 0.6 is 0 Å². The average Bonchev–Trinajstić information content (AvgIpc) is 2.29. The minimum Gasteiger partial charge on any atom is -0.292 e. The summed E-state index contributed by atoms with van der Waals surface area (Å²) in [7, 11) is 0. The van der Waals surface area contributed by atoms with Crippen LogP contribution in [0, 0.1) is 24.7 Å². The zero-order chi connectivity index (χ0) is 12.1. The van der Waals surface area contributed by atoms with E-state index in [0.717, 1.165) is 18.0 Å². The minimum absolute atomic E-state index is 0.838. The number of rotatable bonds is 1. The van der Waals surface area contributed by atoms with Crippen LogP contribution in [0.1, 0.15) is 30.9 Å². The zero-order valence-electron chi connectivity index (χ0n) is 10.9. The van der Waals surface area contributed by atoms with Gasteiger partial charge in [-0.3, -0.25) is 4.90 Å². The van der Waals surface area contributed by atoms with Gasteiger partial charge in [-0.05, 0) is 49.9 Å². The molecule has 1 heterocycles. The highest BCUT2D eigenvalue weighted by molar-refractivity contribution is 5.36. The van der Waals surface area contributed by atoms with Gasteiger partial charge in [0.05, 0.1) is 6.54 Å². The predicted molar refractivity (Wildman–Crippen MR) is 72.9 cm³/mol. The van der Waals surface area contributed by atoms with E-state index in [-0.39, 0.29) is 0 Å². The number of likely N-dealkylation sites (tertiary alicyclic amines) is 1. The summed E-state index contributed by atoms with van der Waals surface area (Å²) in [5.74, 6) is 7.39. The van der Waals surface area contributed by atoms with Gasteiger partial charge in [0.15, 0.2) is 0 Å². The second-order valence-corrected chi connectivity index (χ2v) is 5.15. The molecular formula is C16H21N. The molecule has 0 bridgehead atoms. The van der Waals surface area contributed by atoms with E-state index in [1.54, 1.807) is 0 Å². The molecule has 1 unspecified atom stereocenters. The highest BCUT2D eigenvalue weighted by atomic mass is 15.1. The van der Waals surface area contributed by atoms with Gasteiger partial charge in [0.25, 0.3) is 0 Å². The lowest BCUT2D eigenvalue weighted by Crippen LogP contribution is -2.34. The summed E-state index contributed by atoms with van der Waals surface area (Å²) >= 11 is 0. The summed E-state index contributed by atoms with van der Waals surface area (Å²) in [5, 5.41) is 0. The van der Waals surface area contributed by atoms with Crippen molar-refractivity contribution in [2.75, 3.05) is 19.6 Å². The van der Waals surface area contributed by atoms with E-state index in [9.17, 15) is 0 Å². The first-order valence-corrected chi connectivity index (χ1v) is 6.52. The second-order valence-electron chi connectivity index (χ2n) is 5.15. The van der Waals surface area contributed by atoms with Gasteiger partial charge in [0.2, 0.25) is 0 Å². The Kier molecular flexibility index (Phi) is 4.23. The summed E-state index contributed by atoms with van der Waals surface area (Å²) in [5.41, 5.74) is 2.42. The lowest BCUT2D eigenvalue weighted by atomic mass is 10.0. The third kappa shape index (κ3) is 3.91. The Morgan fingerprint density at radius 1 is 1.41 bits per heavy atom. The standard InChI is InChI=1S/C16H21N/c1-14-6-3-8-16(12-14)9-5-11-17-10-4-7-15(2)13-17/h3,6,8,12,15H,4,7,10-11,13H2,1-2H3. The first-order valence-electron chi connectivity index (χ1n) is 6.52. The molecule has 0 aromatic heterocycles. The Balaban J connectivity index is 1.89. The average molecular weight is 227 g/mol. The lowest BCUT2D eigenvalue weighted by Gasteiger charge is -2.28. The van der Waals surface area contributed by atoms with Gasteiger partial charge in [0, 0.05) is 12.1 Å². The number of hydrogen-bond acceptors (Lipinski definition) is 1. The molecule has 0 radical (unpaired) electrons. The van der Waals surface area contributed by atoms with E-state index in [0.29, 0.717) is 0 Å². The molecule has 0 spiro atoms. The molecule has 1 nitrogen and oxygen atoms in total. The molecule has 1 heteroatoms. The summed E-state index contributed by atoms with van der Waals surface area (Å²) in [6, 6.07) is 8.41. The van der Waals surface area contributed by atoms with Crippen molar-refractivity contribution in [1.82, 2.24) is 4.90 Å². The second kappa shape index (κ2) is 5.89. The molecule has 0 amide bonds. The van der Waals surface area contributed by atoms with Crippen LogP contribution in [0.4, 0.5) is 0 Å². The summed E-state index contributed by atoms with van der Waals surface area (Å²) in [6.45, 7) is 7.78. The maximum atomic E-state index is 3.30. The summed E-state index contributed by atoms with van der Waals surface area (Å²) in [6.07, 6.45) is 2.70. The Bertz CT molecular complexity index is 425. The number of aryl methyl sites for hydroxylation is 1. The highest BCUT2D eigenvalue weighted by Crippen LogP contribution is 2.14. The van der Waals surface area contributed by atoms with Crippen LogP contribution in [-0.4, -0.2) is 24.5 Å². The number of nitrogens with zero attached hydrogens (tertiary/aromatic N) is 1. The van der Waals surface area contributed by atoms with Gasteiger partial charge in [-0.1, -0.05) is 30.9 Å². The van der Waals surface area contributed by atoms with Crippen molar-refractivity contribution in [2.24, 2.45) is 5.92 Å². The van der Waals surface area contributed by atoms with Crippen LogP contribution in [-0.2, 0) is 0 Å². The smallest absolute Gasteiger partial charge is 0.0605 e. The topological polar surface area (TPSA) is 3.24 Å². The predicted octanol–water partition coefficient (Wildman–Crippen LogP) is 3.08. The van der Waals surface area contributed by atoms with E-state index in [1.165, 1.54) is 31.5 Å². The lowest BCUT2D eigenvalue weighted by molar-refractivity contribution is 0.204. The van der Waals surface area contributed by atoms with Gasteiger partial charge >= 0.3 is 0 Å². The first-order chi connectivity index (χ1) is 8.24. The fourth-order valence-corrected chi connectivity index (χ4v) is 2.41. The van der Waals surface area contributed by atoms with Crippen molar-refractivity contribution in [3.05, 3.63) is 35.4 Å². The molecule has 1 saturated heterocycles. The maximum Gasteiger partial charge on any atom is 0.0605 e. The van der Waals surface area contributed by atoms with Crippen LogP contribution in [0.5, 0.6) is 0 Å². The van der Waals surface area contributed by atoms with Gasteiger partial charge in [-0.25, -0.2) is 0 Å². The first kappa shape index (κ1) is 12.2. The third-order valence-electron chi connectivity index (χ3n) is 3.29. The molecule has 1 atom stereocenters. The molecular weight excluding hydrogens is 206 g/mol. The monoisotopic (exact) mass is 227 g/mol.